The SMILES string of the molecule is CC1CC(CN)CN1C(=O)C1CCCN1S(=O)(=O)c1cccc([N+](=O)[O-])c1.Cl. The first-order chi connectivity index (χ1) is 12.8. The molecule has 0 aromatic heterocycles. The van der Waals surface area contributed by atoms with Crippen LogP contribution < -0.4 is 5.73 Å². The average Bonchev–Trinajstić information content (AvgIpc) is 3.28. The van der Waals surface area contributed by atoms with Crippen molar-refractivity contribution < 1.29 is 18.1 Å². The number of hydrogen-bond acceptors (Lipinski definition) is 6. The zero-order valence-electron chi connectivity index (χ0n) is 15.6. The maximum Gasteiger partial charge on any atom is 0.270 e. The molecule has 2 heterocycles. The summed E-state index contributed by atoms with van der Waals surface area (Å²) in [7, 11) is -4.00. The van der Waals surface area contributed by atoms with Gasteiger partial charge in [0, 0.05) is 31.3 Å². The molecule has 2 fully saturated rings. The Bertz CT molecular complexity index is 850. The highest BCUT2D eigenvalue weighted by atomic mass is 35.5. The maximum atomic E-state index is 13.1. The fourth-order valence-corrected chi connectivity index (χ4v) is 5.67. The third kappa shape index (κ3) is 4.14. The summed E-state index contributed by atoms with van der Waals surface area (Å²) in [5.41, 5.74) is 5.43. The lowest BCUT2D eigenvalue weighted by atomic mass is 10.1. The molecule has 1 aromatic rings. The van der Waals surface area contributed by atoms with Crippen molar-refractivity contribution in [2.24, 2.45) is 11.7 Å². The third-order valence-electron chi connectivity index (χ3n) is 5.40. The summed E-state index contributed by atoms with van der Waals surface area (Å²) in [6.45, 7) is 3.21. The molecular formula is C17H25ClN4O5S. The van der Waals surface area contributed by atoms with Gasteiger partial charge in [-0.05, 0) is 44.7 Å². The van der Waals surface area contributed by atoms with E-state index < -0.39 is 21.0 Å². The van der Waals surface area contributed by atoms with Crippen LogP contribution in [0.15, 0.2) is 29.2 Å². The molecule has 2 N–H and O–H groups in total. The molecule has 28 heavy (non-hydrogen) atoms. The van der Waals surface area contributed by atoms with Crippen LogP contribution in [0.5, 0.6) is 0 Å². The summed E-state index contributed by atoms with van der Waals surface area (Å²) in [4.78, 5) is 25.0. The van der Waals surface area contributed by atoms with Crippen molar-refractivity contribution in [2.45, 2.75) is 43.2 Å². The lowest BCUT2D eigenvalue weighted by Gasteiger charge is -2.29. The topological polar surface area (TPSA) is 127 Å². The number of nitrogens with zero attached hydrogens (tertiary/aromatic N) is 3. The molecule has 9 nitrogen and oxygen atoms in total. The molecule has 2 aliphatic rings. The van der Waals surface area contributed by atoms with Crippen molar-refractivity contribution in [1.82, 2.24) is 9.21 Å². The van der Waals surface area contributed by atoms with Crippen molar-refractivity contribution in [1.29, 1.82) is 0 Å². The van der Waals surface area contributed by atoms with E-state index in [1.54, 1.807) is 4.90 Å². The van der Waals surface area contributed by atoms with E-state index in [4.69, 9.17) is 5.73 Å². The van der Waals surface area contributed by atoms with Crippen molar-refractivity contribution >= 4 is 34.0 Å². The Labute approximate surface area is 170 Å². The molecule has 1 aromatic carbocycles. The summed E-state index contributed by atoms with van der Waals surface area (Å²) in [6.07, 6.45) is 1.84. The van der Waals surface area contributed by atoms with Crippen molar-refractivity contribution in [3.63, 3.8) is 0 Å². The Balaban J connectivity index is 0.00000280. The van der Waals surface area contributed by atoms with Gasteiger partial charge in [0.15, 0.2) is 0 Å². The zero-order chi connectivity index (χ0) is 19.8. The van der Waals surface area contributed by atoms with E-state index in [-0.39, 0.29) is 47.4 Å². The quantitative estimate of drug-likeness (QED) is 0.552. The van der Waals surface area contributed by atoms with Gasteiger partial charge in [0.25, 0.3) is 5.69 Å². The fourth-order valence-electron chi connectivity index (χ4n) is 3.98. The second kappa shape index (κ2) is 8.73. The molecule has 0 radical (unpaired) electrons. The smallest absolute Gasteiger partial charge is 0.270 e. The highest BCUT2D eigenvalue weighted by Crippen LogP contribution is 2.31. The number of hydrogen-bond donors (Lipinski definition) is 1. The van der Waals surface area contributed by atoms with Gasteiger partial charge in [-0.2, -0.15) is 4.31 Å². The molecule has 0 saturated carbocycles. The van der Waals surface area contributed by atoms with Gasteiger partial charge in [-0.1, -0.05) is 6.07 Å². The van der Waals surface area contributed by atoms with E-state index in [0.29, 0.717) is 25.9 Å². The second-order valence-electron chi connectivity index (χ2n) is 7.21. The summed E-state index contributed by atoms with van der Waals surface area (Å²) >= 11 is 0. The first-order valence-corrected chi connectivity index (χ1v) is 10.5. The Hall–Kier alpha value is -1.75. The minimum absolute atomic E-state index is 0. The molecule has 0 spiro atoms. The highest BCUT2D eigenvalue weighted by molar-refractivity contribution is 7.89. The number of nitrogens with two attached hydrogens (primary N) is 1. The monoisotopic (exact) mass is 432 g/mol. The highest BCUT2D eigenvalue weighted by Gasteiger charge is 2.44. The number of carbonyl (C=O) groups excluding carboxylic acids is 1. The minimum atomic E-state index is -4.00. The van der Waals surface area contributed by atoms with Gasteiger partial charge in [-0.25, -0.2) is 8.42 Å². The van der Waals surface area contributed by atoms with Gasteiger partial charge in [-0.15, -0.1) is 12.4 Å². The van der Waals surface area contributed by atoms with E-state index >= 15 is 0 Å². The summed E-state index contributed by atoms with van der Waals surface area (Å²) in [6, 6.07) is 4.20. The predicted molar refractivity (Wildman–Crippen MR) is 106 cm³/mol. The molecule has 2 aliphatic heterocycles. The molecule has 3 rings (SSSR count). The van der Waals surface area contributed by atoms with Crippen LogP contribution in [0, 0.1) is 16.0 Å². The van der Waals surface area contributed by atoms with Gasteiger partial charge in [0.2, 0.25) is 15.9 Å². The predicted octanol–water partition coefficient (Wildman–Crippen LogP) is 1.37. The fraction of sp³-hybridized carbons (Fsp3) is 0.588. The number of halogens is 1. The van der Waals surface area contributed by atoms with E-state index in [9.17, 15) is 23.3 Å². The van der Waals surface area contributed by atoms with Crippen LogP contribution in [0.3, 0.4) is 0 Å². The number of rotatable bonds is 5. The second-order valence-corrected chi connectivity index (χ2v) is 9.10. The largest absolute Gasteiger partial charge is 0.338 e. The Morgan fingerprint density at radius 1 is 1.39 bits per heavy atom. The molecule has 1 amide bonds. The molecule has 156 valence electrons. The number of nitro benzene ring substituents is 1. The summed E-state index contributed by atoms with van der Waals surface area (Å²) < 4.78 is 27.3. The van der Waals surface area contributed by atoms with E-state index in [0.717, 1.165) is 12.5 Å². The van der Waals surface area contributed by atoms with Crippen molar-refractivity contribution in [3.05, 3.63) is 34.4 Å². The van der Waals surface area contributed by atoms with Crippen LogP contribution in [-0.2, 0) is 14.8 Å². The number of likely N-dealkylation sites (tertiary alicyclic amines) is 1. The molecule has 3 unspecified atom stereocenters. The summed E-state index contributed by atoms with van der Waals surface area (Å²) in [5, 5.41) is 11.0. The van der Waals surface area contributed by atoms with E-state index in [1.165, 1.54) is 22.5 Å². The Morgan fingerprint density at radius 2 is 2.11 bits per heavy atom. The zero-order valence-corrected chi connectivity index (χ0v) is 17.2. The van der Waals surface area contributed by atoms with E-state index in [1.807, 2.05) is 6.92 Å². The van der Waals surface area contributed by atoms with Crippen LogP contribution in [-0.4, -0.2) is 60.2 Å². The van der Waals surface area contributed by atoms with Gasteiger partial charge in [0.1, 0.15) is 6.04 Å². The maximum absolute atomic E-state index is 13.1. The number of sulfonamides is 1. The van der Waals surface area contributed by atoms with Crippen molar-refractivity contribution in [3.8, 4) is 0 Å². The Morgan fingerprint density at radius 3 is 2.71 bits per heavy atom. The van der Waals surface area contributed by atoms with Crippen LogP contribution in [0.1, 0.15) is 26.2 Å². The molecule has 3 atom stereocenters. The molecule has 11 heteroatoms. The van der Waals surface area contributed by atoms with Crippen LogP contribution in [0.4, 0.5) is 5.69 Å². The van der Waals surface area contributed by atoms with Gasteiger partial charge in [-0.3, -0.25) is 14.9 Å². The Kier molecular flexibility index (Phi) is 7.02. The van der Waals surface area contributed by atoms with Gasteiger partial charge >= 0.3 is 0 Å². The molecule has 0 aliphatic carbocycles. The average molecular weight is 433 g/mol. The van der Waals surface area contributed by atoms with Gasteiger partial charge < -0.3 is 10.6 Å². The van der Waals surface area contributed by atoms with Crippen molar-refractivity contribution in [2.75, 3.05) is 19.6 Å². The number of non-ortho nitro benzene ring substituents is 1. The van der Waals surface area contributed by atoms with E-state index in [2.05, 4.69) is 0 Å². The molecule has 2 saturated heterocycles. The first-order valence-electron chi connectivity index (χ1n) is 9.02. The number of carbonyl (C=O) groups is 1. The number of amides is 1. The number of nitro groups is 1. The number of benzene rings is 1. The lowest BCUT2D eigenvalue weighted by molar-refractivity contribution is -0.385. The standard InChI is InChI=1S/C17H24N4O5S.ClH/c1-12-8-13(10-18)11-19(12)17(22)16-6-3-7-20(16)27(25,26)15-5-2-4-14(9-15)21(23)24;/h2,4-5,9,12-13,16H,3,6-8,10-11,18H2,1H3;1H. The van der Waals surface area contributed by atoms with Crippen LogP contribution >= 0.6 is 12.4 Å². The third-order valence-corrected chi connectivity index (χ3v) is 7.31. The molecular weight excluding hydrogens is 408 g/mol. The van der Waals surface area contributed by atoms with Crippen LogP contribution in [0.2, 0.25) is 0 Å². The minimum Gasteiger partial charge on any atom is -0.338 e. The van der Waals surface area contributed by atoms with Gasteiger partial charge in [0.05, 0.1) is 9.82 Å². The first kappa shape index (κ1) is 22.5. The van der Waals surface area contributed by atoms with Crippen LogP contribution in [0.25, 0.3) is 0 Å². The molecule has 0 bridgehead atoms. The summed E-state index contributed by atoms with van der Waals surface area (Å²) in [5.74, 6) is 0.0251. The normalized spacial score (nSPS) is 25.5. The lowest BCUT2D eigenvalue weighted by Crippen LogP contribution is -2.48.